The Balaban J connectivity index is 1.55. The Morgan fingerprint density at radius 3 is 2.42 bits per heavy atom. The molecule has 0 unspecified atom stereocenters. The first-order chi connectivity index (χ1) is 19.3. The number of carbonyl (C=O) groups is 1. The average molecular weight is 575 g/mol. The van der Waals surface area contributed by atoms with E-state index in [1.54, 1.807) is 48.7 Å². The van der Waals surface area contributed by atoms with E-state index >= 15 is 0 Å². The van der Waals surface area contributed by atoms with Crippen LogP contribution in [0.5, 0.6) is 0 Å². The lowest BCUT2D eigenvalue weighted by molar-refractivity contribution is 0.0600. The number of esters is 1. The Kier molecular flexibility index (Phi) is 8.06. The molecule has 11 heteroatoms. The van der Waals surface area contributed by atoms with Crippen molar-refractivity contribution in [3.63, 3.8) is 0 Å². The molecule has 40 heavy (non-hydrogen) atoms. The standard InChI is InChI=1S/C29H24Cl2N6O3/c1-40-29(39)20-9-7-19(8-10-20)28(32)25(13-18-5-3-2-4-6-18)36-17-33-23(15-27(36)38)22-14-21(30)11-12-24(22)37-16-26(31)34-35-37/h2-12,14-17,25,28H,13,32H2,1H3/t25-,28-/m0/s1. The van der Waals surface area contributed by atoms with E-state index in [9.17, 15) is 9.59 Å². The molecule has 3 aromatic carbocycles. The summed E-state index contributed by atoms with van der Waals surface area (Å²) < 4.78 is 7.82. The van der Waals surface area contributed by atoms with Crippen molar-refractivity contribution in [1.29, 1.82) is 0 Å². The van der Waals surface area contributed by atoms with Crippen molar-refractivity contribution in [2.45, 2.75) is 18.5 Å². The number of aromatic nitrogens is 5. The van der Waals surface area contributed by atoms with Crippen LogP contribution in [0.2, 0.25) is 10.2 Å². The highest BCUT2D eigenvalue weighted by Crippen LogP contribution is 2.30. The van der Waals surface area contributed by atoms with E-state index in [4.69, 9.17) is 33.7 Å². The van der Waals surface area contributed by atoms with Crippen LogP contribution in [0.25, 0.3) is 16.9 Å². The monoisotopic (exact) mass is 574 g/mol. The van der Waals surface area contributed by atoms with Crippen molar-refractivity contribution in [2.75, 3.05) is 7.11 Å². The van der Waals surface area contributed by atoms with Crippen molar-refractivity contribution in [3.05, 3.63) is 129 Å². The molecule has 0 spiro atoms. The number of ether oxygens (including phenoxy) is 1. The predicted octanol–water partition coefficient (Wildman–Crippen LogP) is 5.07. The minimum absolute atomic E-state index is 0.224. The zero-order valence-electron chi connectivity index (χ0n) is 21.3. The second-order valence-corrected chi connectivity index (χ2v) is 9.89. The van der Waals surface area contributed by atoms with Gasteiger partial charge in [0, 0.05) is 16.7 Å². The fraction of sp³-hybridized carbons (Fsp3) is 0.138. The van der Waals surface area contributed by atoms with Gasteiger partial charge in [0.25, 0.3) is 5.56 Å². The number of nitrogens with zero attached hydrogens (tertiary/aromatic N) is 5. The van der Waals surface area contributed by atoms with Crippen LogP contribution in [0.1, 0.15) is 33.6 Å². The molecule has 0 aliphatic carbocycles. The van der Waals surface area contributed by atoms with Gasteiger partial charge in [0.05, 0.1) is 48.7 Å². The third-order valence-corrected chi connectivity index (χ3v) is 6.97. The van der Waals surface area contributed by atoms with Gasteiger partial charge in [0.1, 0.15) is 0 Å². The van der Waals surface area contributed by atoms with Crippen molar-refractivity contribution < 1.29 is 9.53 Å². The quantitative estimate of drug-likeness (QED) is 0.257. The highest BCUT2D eigenvalue weighted by atomic mass is 35.5. The van der Waals surface area contributed by atoms with Crippen molar-refractivity contribution >= 4 is 29.2 Å². The third-order valence-electron chi connectivity index (χ3n) is 6.56. The van der Waals surface area contributed by atoms with Crippen LogP contribution in [0, 0.1) is 0 Å². The molecule has 202 valence electrons. The lowest BCUT2D eigenvalue weighted by Crippen LogP contribution is -2.33. The average Bonchev–Trinajstić information content (AvgIpc) is 3.41. The molecule has 0 saturated heterocycles. The molecule has 9 nitrogen and oxygen atoms in total. The number of benzene rings is 3. The Bertz CT molecular complexity index is 1700. The molecule has 0 aliphatic heterocycles. The largest absolute Gasteiger partial charge is 0.465 e. The lowest BCUT2D eigenvalue weighted by atomic mass is 9.93. The van der Waals surface area contributed by atoms with Crippen LogP contribution in [-0.4, -0.2) is 37.6 Å². The van der Waals surface area contributed by atoms with Crippen LogP contribution >= 0.6 is 23.2 Å². The molecule has 0 aliphatic rings. The molecule has 0 radical (unpaired) electrons. The van der Waals surface area contributed by atoms with Crippen LogP contribution in [0.3, 0.4) is 0 Å². The smallest absolute Gasteiger partial charge is 0.337 e. The van der Waals surface area contributed by atoms with Crippen molar-refractivity contribution in [3.8, 4) is 16.9 Å². The molecule has 0 saturated carbocycles. The summed E-state index contributed by atoms with van der Waals surface area (Å²) in [6, 6.07) is 22.1. The van der Waals surface area contributed by atoms with Gasteiger partial charge in [-0.05, 0) is 47.9 Å². The Morgan fingerprint density at radius 2 is 1.77 bits per heavy atom. The maximum absolute atomic E-state index is 13.6. The van der Waals surface area contributed by atoms with Crippen molar-refractivity contribution in [2.24, 2.45) is 5.73 Å². The van der Waals surface area contributed by atoms with Gasteiger partial charge in [-0.2, -0.15) is 0 Å². The number of hydrogen-bond donors (Lipinski definition) is 1. The number of nitrogens with two attached hydrogens (primary N) is 1. The fourth-order valence-electron chi connectivity index (χ4n) is 4.52. The highest BCUT2D eigenvalue weighted by molar-refractivity contribution is 6.31. The summed E-state index contributed by atoms with van der Waals surface area (Å²) >= 11 is 12.3. The van der Waals surface area contributed by atoms with Gasteiger partial charge in [-0.15, -0.1) is 5.10 Å². The van der Waals surface area contributed by atoms with Gasteiger partial charge in [-0.3, -0.25) is 9.36 Å². The molecule has 2 N–H and O–H groups in total. The zero-order chi connectivity index (χ0) is 28.2. The molecule has 2 atom stereocenters. The van der Waals surface area contributed by atoms with Crippen LogP contribution in [0.4, 0.5) is 0 Å². The highest BCUT2D eigenvalue weighted by Gasteiger charge is 2.24. The number of carbonyl (C=O) groups excluding carboxylic acids is 1. The maximum atomic E-state index is 13.6. The lowest BCUT2D eigenvalue weighted by Gasteiger charge is -2.27. The SMILES string of the molecule is COC(=O)c1ccc([C@H](N)[C@H](Cc2ccccc2)n2cnc(-c3cc(Cl)ccc3-n3cc(Cl)nn3)cc2=O)cc1. The van der Waals surface area contributed by atoms with E-state index < -0.39 is 18.1 Å². The number of halogens is 2. The van der Waals surface area contributed by atoms with Crippen LogP contribution in [-0.2, 0) is 11.2 Å². The summed E-state index contributed by atoms with van der Waals surface area (Å²) in [7, 11) is 1.33. The number of rotatable bonds is 8. The molecule has 0 amide bonds. The second kappa shape index (κ2) is 11.8. The van der Waals surface area contributed by atoms with Gasteiger partial charge < -0.3 is 10.5 Å². The Hall–Kier alpha value is -4.31. The minimum Gasteiger partial charge on any atom is -0.465 e. The summed E-state index contributed by atoms with van der Waals surface area (Å²) in [6.45, 7) is 0. The molecule has 5 rings (SSSR count). The molecule has 0 fully saturated rings. The molecule has 2 heterocycles. The van der Waals surface area contributed by atoms with Crippen LogP contribution < -0.4 is 11.3 Å². The molecular formula is C29H24Cl2N6O3. The van der Waals surface area contributed by atoms with E-state index in [1.807, 2.05) is 30.3 Å². The summed E-state index contributed by atoms with van der Waals surface area (Å²) in [4.78, 5) is 30.1. The predicted molar refractivity (Wildman–Crippen MR) is 153 cm³/mol. The Morgan fingerprint density at radius 1 is 1.02 bits per heavy atom. The second-order valence-electron chi connectivity index (χ2n) is 9.06. The molecule has 5 aromatic rings. The minimum atomic E-state index is -0.587. The Labute approximate surface area is 239 Å². The third kappa shape index (κ3) is 5.81. The zero-order valence-corrected chi connectivity index (χ0v) is 22.8. The number of hydrogen-bond acceptors (Lipinski definition) is 7. The van der Waals surface area contributed by atoms with Gasteiger partial charge in [0.15, 0.2) is 5.15 Å². The van der Waals surface area contributed by atoms with Gasteiger partial charge >= 0.3 is 5.97 Å². The molecular weight excluding hydrogens is 551 g/mol. The van der Waals surface area contributed by atoms with E-state index in [0.717, 1.165) is 11.1 Å². The molecule has 0 bridgehead atoms. The van der Waals surface area contributed by atoms with Crippen LogP contribution in [0.15, 0.2) is 96.2 Å². The fourth-order valence-corrected chi connectivity index (χ4v) is 4.81. The van der Waals surface area contributed by atoms with E-state index in [0.29, 0.717) is 34.0 Å². The van der Waals surface area contributed by atoms with E-state index in [-0.39, 0.29) is 10.7 Å². The first kappa shape index (κ1) is 27.3. The first-order valence-electron chi connectivity index (χ1n) is 12.3. The summed E-state index contributed by atoms with van der Waals surface area (Å²) in [5, 5.41) is 8.56. The number of methoxy groups -OCH3 is 1. The van der Waals surface area contributed by atoms with E-state index in [1.165, 1.54) is 28.8 Å². The van der Waals surface area contributed by atoms with Gasteiger partial charge in [0.2, 0.25) is 0 Å². The van der Waals surface area contributed by atoms with Gasteiger partial charge in [-0.25, -0.2) is 14.5 Å². The van der Waals surface area contributed by atoms with Gasteiger partial charge in [-0.1, -0.05) is 70.9 Å². The van der Waals surface area contributed by atoms with Crippen molar-refractivity contribution in [1.82, 2.24) is 24.5 Å². The summed E-state index contributed by atoms with van der Waals surface area (Å²) in [5.41, 5.74) is 10.2. The topological polar surface area (TPSA) is 118 Å². The summed E-state index contributed by atoms with van der Waals surface area (Å²) in [5.74, 6) is -0.439. The maximum Gasteiger partial charge on any atom is 0.337 e. The first-order valence-corrected chi connectivity index (χ1v) is 13.0. The molecule has 2 aromatic heterocycles. The van der Waals surface area contributed by atoms with E-state index in [2.05, 4.69) is 15.3 Å². The normalized spacial score (nSPS) is 12.6. The summed E-state index contributed by atoms with van der Waals surface area (Å²) in [6.07, 6.45) is 3.52.